The lowest BCUT2D eigenvalue weighted by Gasteiger charge is -2.29. The van der Waals surface area contributed by atoms with Gasteiger partial charge in [0.1, 0.15) is 18.1 Å². The van der Waals surface area contributed by atoms with Gasteiger partial charge in [0.15, 0.2) is 11.7 Å². The van der Waals surface area contributed by atoms with Gasteiger partial charge in [-0.1, -0.05) is 38.5 Å². The minimum absolute atomic E-state index is 0.0348. The fourth-order valence-electron chi connectivity index (χ4n) is 3.70. The molecule has 31 heavy (non-hydrogen) atoms. The molecule has 3 rings (SSSR count). The number of hydrogen-bond acceptors (Lipinski definition) is 3. The summed E-state index contributed by atoms with van der Waals surface area (Å²) in [5.74, 6) is -0.672. The quantitative estimate of drug-likeness (QED) is 0.395. The summed E-state index contributed by atoms with van der Waals surface area (Å²) in [6, 6.07) is 7.82. The van der Waals surface area contributed by atoms with Gasteiger partial charge in [-0.05, 0) is 49.8 Å². The Morgan fingerprint density at radius 1 is 1.10 bits per heavy atom. The number of rotatable bonds is 8. The largest absolute Gasteiger partial charge is 0.498 e. The highest BCUT2D eigenvalue weighted by Crippen LogP contribution is 2.33. The Bertz CT molecular complexity index is 744. The van der Waals surface area contributed by atoms with Crippen molar-refractivity contribution in [3.8, 4) is 5.75 Å². The standard InChI is InChI=1S/C23H28F2O3.C3H8/c1-3-4-5-19-12-8-17(14-27-19)16-6-10-20(11-7-16)28-15-18-9-13-21(26-2)23(25)22(18)24;1-3-2/h3,6-7,10-11,17,19H,1,4-5,8-9,12-15H2,2H3;3H2,1-2H3. The molecule has 0 bridgehead atoms. The SMILES string of the molecule is C=CCCC1CCC(c2ccc(OCC3=C(F)C(F)=C(OC)CC3)cc2)CO1.CCC. The predicted molar refractivity (Wildman–Crippen MR) is 122 cm³/mol. The maximum Gasteiger partial charge on any atom is 0.196 e. The first-order valence-electron chi connectivity index (χ1n) is 11.3. The summed E-state index contributed by atoms with van der Waals surface area (Å²) >= 11 is 0. The second-order valence-corrected chi connectivity index (χ2v) is 8.02. The van der Waals surface area contributed by atoms with E-state index in [9.17, 15) is 8.78 Å². The Labute approximate surface area is 185 Å². The maximum atomic E-state index is 14.1. The van der Waals surface area contributed by atoms with Crippen molar-refractivity contribution >= 4 is 0 Å². The average Bonchev–Trinajstić information content (AvgIpc) is 2.80. The lowest BCUT2D eigenvalue weighted by molar-refractivity contribution is -0.000182. The number of halogens is 2. The molecule has 2 aliphatic rings. The average molecular weight is 435 g/mol. The van der Waals surface area contributed by atoms with E-state index >= 15 is 0 Å². The van der Waals surface area contributed by atoms with E-state index in [-0.39, 0.29) is 12.4 Å². The van der Waals surface area contributed by atoms with Gasteiger partial charge in [0.2, 0.25) is 0 Å². The Balaban J connectivity index is 0.00000107. The number of methoxy groups -OCH3 is 1. The van der Waals surface area contributed by atoms with Gasteiger partial charge >= 0.3 is 0 Å². The van der Waals surface area contributed by atoms with E-state index < -0.39 is 11.7 Å². The Kier molecular flexibility index (Phi) is 10.8. The molecular weight excluding hydrogens is 398 g/mol. The van der Waals surface area contributed by atoms with Crippen molar-refractivity contribution in [3.05, 3.63) is 65.5 Å². The van der Waals surface area contributed by atoms with Crippen molar-refractivity contribution in [2.75, 3.05) is 20.3 Å². The summed E-state index contributed by atoms with van der Waals surface area (Å²) in [6.07, 6.45) is 8.46. The summed E-state index contributed by atoms with van der Waals surface area (Å²) in [5.41, 5.74) is 1.55. The van der Waals surface area contributed by atoms with Crippen LogP contribution in [0.2, 0.25) is 0 Å². The molecule has 0 N–H and O–H groups in total. The minimum atomic E-state index is -0.911. The highest BCUT2D eigenvalue weighted by atomic mass is 19.2. The summed E-state index contributed by atoms with van der Waals surface area (Å²) in [4.78, 5) is 0. The minimum Gasteiger partial charge on any atom is -0.498 e. The summed E-state index contributed by atoms with van der Waals surface area (Å²) in [6.45, 7) is 8.77. The number of hydrogen-bond donors (Lipinski definition) is 0. The van der Waals surface area contributed by atoms with Crippen molar-refractivity contribution in [3.63, 3.8) is 0 Å². The molecule has 1 aliphatic carbocycles. The summed E-state index contributed by atoms with van der Waals surface area (Å²) in [5, 5.41) is 0. The lowest BCUT2D eigenvalue weighted by atomic mass is 9.90. The van der Waals surface area contributed by atoms with E-state index in [1.807, 2.05) is 30.3 Å². The van der Waals surface area contributed by atoms with Gasteiger partial charge in [0.25, 0.3) is 0 Å². The van der Waals surface area contributed by atoms with Crippen LogP contribution in [0.25, 0.3) is 0 Å². The molecule has 1 heterocycles. The van der Waals surface area contributed by atoms with Crippen molar-refractivity contribution in [2.45, 2.75) is 70.8 Å². The van der Waals surface area contributed by atoms with Crippen molar-refractivity contribution in [1.29, 1.82) is 0 Å². The molecule has 0 radical (unpaired) electrons. The van der Waals surface area contributed by atoms with Crippen LogP contribution < -0.4 is 4.74 Å². The predicted octanol–water partition coefficient (Wildman–Crippen LogP) is 7.56. The van der Waals surface area contributed by atoms with Gasteiger partial charge in [0.05, 0.1) is 19.8 Å². The molecule has 1 fully saturated rings. The molecule has 1 aromatic carbocycles. The number of allylic oxidation sites excluding steroid dienone is 4. The van der Waals surface area contributed by atoms with E-state index in [1.165, 1.54) is 19.1 Å². The molecule has 5 heteroatoms. The van der Waals surface area contributed by atoms with Crippen LogP contribution in [-0.2, 0) is 9.47 Å². The zero-order chi connectivity index (χ0) is 22.6. The van der Waals surface area contributed by atoms with Gasteiger partial charge in [-0.15, -0.1) is 6.58 Å². The van der Waals surface area contributed by atoms with E-state index in [0.29, 0.717) is 36.2 Å². The molecule has 0 spiro atoms. The molecule has 1 saturated heterocycles. The van der Waals surface area contributed by atoms with Crippen LogP contribution in [0.15, 0.2) is 59.9 Å². The molecule has 3 nitrogen and oxygen atoms in total. The summed E-state index contributed by atoms with van der Waals surface area (Å²) in [7, 11) is 1.35. The fourth-order valence-corrected chi connectivity index (χ4v) is 3.70. The molecule has 2 unspecified atom stereocenters. The first-order valence-corrected chi connectivity index (χ1v) is 11.3. The third kappa shape index (κ3) is 7.49. The first-order chi connectivity index (χ1) is 15.0. The molecule has 0 saturated carbocycles. The van der Waals surface area contributed by atoms with Crippen molar-refractivity contribution in [1.82, 2.24) is 0 Å². The Morgan fingerprint density at radius 3 is 2.39 bits per heavy atom. The van der Waals surface area contributed by atoms with Crippen LogP contribution in [-0.4, -0.2) is 26.4 Å². The Hall–Kier alpha value is -2.14. The van der Waals surface area contributed by atoms with Gasteiger partial charge in [-0.2, -0.15) is 0 Å². The molecule has 1 aromatic rings. The van der Waals surface area contributed by atoms with Gasteiger partial charge in [-0.3, -0.25) is 0 Å². The molecule has 2 atom stereocenters. The zero-order valence-electron chi connectivity index (χ0n) is 19.1. The fraction of sp³-hybridized carbons (Fsp3) is 0.538. The number of ether oxygens (including phenoxy) is 3. The van der Waals surface area contributed by atoms with Crippen molar-refractivity contribution in [2.24, 2.45) is 0 Å². The molecule has 172 valence electrons. The normalized spacial score (nSPS) is 21.3. The molecule has 1 aliphatic heterocycles. The molecule has 0 aromatic heterocycles. The van der Waals surface area contributed by atoms with Gasteiger partial charge in [-0.25, -0.2) is 8.78 Å². The summed E-state index contributed by atoms with van der Waals surface area (Å²) < 4.78 is 44.4. The highest BCUT2D eigenvalue weighted by molar-refractivity contribution is 5.34. The third-order valence-corrected chi connectivity index (χ3v) is 5.48. The second-order valence-electron chi connectivity index (χ2n) is 8.02. The first kappa shape index (κ1) is 25.1. The van der Waals surface area contributed by atoms with E-state index in [1.54, 1.807) is 0 Å². The molecular formula is C26H36F2O3. The smallest absolute Gasteiger partial charge is 0.196 e. The van der Waals surface area contributed by atoms with Crippen LogP contribution >= 0.6 is 0 Å². The second kappa shape index (κ2) is 13.3. The number of benzene rings is 1. The third-order valence-electron chi connectivity index (χ3n) is 5.48. The topological polar surface area (TPSA) is 27.7 Å². The highest BCUT2D eigenvalue weighted by Gasteiger charge is 2.24. The molecule has 0 amide bonds. The van der Waals surface area contributed by atoms with E-state index in [4.69, 9.17) is 14.2 Å². The van der Waals surface area contributed by atoms with Gasteiger partial charge in [0, 0.05) is 17.9 Å². The lowest BCUT2D eigenvalue weighted by Crippen LogP contribution is -2.24. The van der Waals surface area contributed by atoms with Gasteiger partial charge < -0.3 is 14.2 Å². The van der Waals surface area contributed by atoms with E-state index in [2.05, 4.69) is 20.4 Å². The van der Waals surface area contributed by atoms with Crippen molar-refractivity contribution < 1.29 is 23.0 Å². The van der Waals surface area contributed by atoms with Crippen LogP contribution in [0.3, 0.4) is 0 Å². The van der Waals surface area contributed by atoms with Crippen LogP contribution in [0, 0.1) is 0 Å². The van der Waals surface area contributed by atoms with Crippen LogP contribution in [0.1, 0.15) is 70.3 Å². The monoisotopic (exact) mass is 434 g/mol. The van der Waals surface area contributed by atoms with E-state index in [0.717, 1.165) is 32.3 Å². The Morgan fingerprint density at radius 2 is 1.81 bits per heavy atom. The maximum absolute atomic E-state index is 14.1. The van der Waals surface area contributed by atoms with Crippen LogP contribution in [0.5, 0.6) is 5.75 Å². The van der Waals surface area contributed by atoms with Crippen LogP contribution in [0.4, 0.5) is 8.78 Å². The zero-order valence-corrected chi connectivity index (χ0v) is 19.1.